The molecule has 0 spiro atoms. The van der Waals surface area contributed by atoms with Gasteiger partial charge in [0.1, 0.15) is 0 Å². The Morgan fingerprint density at radius 1 is 1.77 bits per heavy atom. The van der Waals surface area contributed by atoms with E-state index in [2.05, 4.69) is 27.0 Å². The molecule has 3 nitrogen and oxygen atoms in total. The van der Waals surface area contributed by atoms with Gasteiger partial charge in [-0.15, -0.1) is 0 Å². The first-order valence-electron chi connectivity index (χ1n) is 4.13. The van der Waals surface area contributed by atoms with Gasteiger partial charge in [0.25, 0.3) is 0 Å². The van der Waals surface area contributed by atoms with Crippen molar-refractivity contribution < 1.29 is 0 Å². The summed E-state index contributed by atoms with van der Waals surface area (Å²) >= 11 is 3.27. The highest BCUT2D eigenvalue weighted by molar-refractivity contribution is 9.12. The Bertz CT molecular complexity index is 290. The lowest BCUT2D eigenvalue weighted by Crippen LogP contribution is -2.01. The van der Waals surface area contributed by atoms with Crippen LogP contribution in [0.2, 0.25) is 0 Å². The van der Waals surface area contributed by atoms with E-state index in [-0.39, 0.29) is 5.41 Å². The monoisotopic (exact) mass is 241 g/mol. The van der Waals surface area contributed by atoms with E-state index >= 15 is 0 Å². The van der Waals surface area contributed by atoms with Crippen molar-refractivity contribution in [2.45, 2.75) is 19.8 Å². The SMILES string of the molecule is CC(N)=C(Br)C=NCC1(C#N)CC1. The van der Waals surface area contributed by atoms with Gasteiger partial charge < -0.3 is 5.73 Å². The average Bonchev–Trinajstić information content (AvgIpc) is 2.85. The summed E-state index contributed by atoms with van der Waals surface area (Å²) in [6, 6.07) is 2.28. The van der Waals surface area contributed by atoms with E-state index in [0.717, 1.165) is 17.3 Å². The first-order valence-corrected chi connectivity index (χ1v) is 4.92. The number of nitrogens with zero attached hydrogens (tertiary/aromatic N) is 2. The second-order valence-electron chi connectivity index (χ2n) is 3.39. The Hall–Kier alpha value is -0.820. The van der Waals surface area contributed by atoms with Crippen LogP contribution in [0.1, 0.15) is 19.8 Å². The molecule has 0 aromatic carbocycles. The number of nitrogens with two attached hydrogens (primary N) is 1. The molecule has 4 heteroatoms. The van der Waals surface area contributed by atoms with Crippen molar-refractivity contribution in [3.8, 4) is 6.07 Å². The van der Waals surface area contributed by atoms with Crippen molar-refractivity contribution in [2.24, 2.45) is 16.1 Å². The minimum atomic E-state index is -0.160. The normalized spacial score (nSPS) is 21.0. The Kier molecular flexibility index (Phi) is 3.10. The third-order valence-electron chi connectivity index (χ3n) is 2.07. The van der Waals surface area contributed by atoms with E-state index in [9.17, 15) is 0 Å². The van der Waals surface area contributed by atoms with Gasteiger partial charge in [-0.05, 0) is 35.7 Å². The minimum Gasteiger partial charge on any atom is -0.401 e. The van der Waals surface area contributed by atoms with Crippen LogP contribution < -0.4 is 5.73 Å². The molecule has 0 aromatic rings. The molecule has 0 bridgehead atoms. The second-order valence-corrected chi connectivity index (χ2v) is 4.25. The maximum atomic E-state index is 8.76. The molecule has 1 saturated carbocycles. The molecule has 70 valence electrons. The van der Waals surface area contributed by atoms with Crippen LogP contribution in [0.5, 0.6) is 0 Å². The number of hydrogen-bond donors (Lipinski definition) is 1. The molecule has 13 heavy (non-hydrogen) atoms. The van der Waals surface area contributed by atoms with Gasteiger partial charge in [-0.25, -0.2) is 0 Å². The summed E-state index contributed by atoms with van der Waals surface area (Å²) in [6.45, 7) is 2.39. The summed E-state index contributed by atoms with van der Waals surface area (Å²) in [7, 11) is 0. The predicted octanol–water partition coefficient (Wildman–Crippen LogP) is 1.95. The van der Waals surface area contributed by atoms with Crippen LogP contribution in [0, 0.1) is 16.7 Å². The molecule has 1 aliphatic rings. The zero-order chi connectivity index (χ0) is 9.90. The first kappa shape index (κ1) is 10.3. The van der Waals surface area contributed by atoms with E-state index in [1.807, 2.05) is 0 Å². The van der Waals surface area contributed by atoms with Crippen molar-refractivity contribution in [1.29, 1.82) is 5.26 Å². The Morgan fingerprint density at radius 3 is 2.77 bits per heavy atom. The third-order valence-corrected chi connectivity index (χ3v) is 2.90. The molecular formula is C9H12BrN3. The maximum absolute atomic E-state index is 8.76. The molecule has 0 unspecified atom stereocenters. The lowest BCUT2D eigenvalue weighted by atomic mass is 10.1. The molecule has 1 fully saturated rings. The molecule has 0 heterocycles. The van der Waals surface area contributed by atoms with Gasteiger partial charge in [0.15, 0.2) is 0 Å². The summed E-state index contributed by atoms with van der Waals surface area (Å²) in [5.74, 6) is 0. The van der Waals surface area contributed by atoms with Gasteiger partial charge in [0.05, 0.1) is 22.5 Å². The summed E-state index contributed by atoms with van der Waals surface area (Å²) < 4.78 is 0.793. The van der Waals surface area contributed by atoms with Gasteiger partial charge in [-0.1, -0.05) is 0 Å². The van der Waals surface area contributed by atoms with Crippen molar-refractivity contribution in [3.63, 3.8) is 0 Å². The van der Waals surface area contributed by atoms with Crippen LogP contribution in [0.4, 0.5) is 0 Å². The lowest BCUT2D eigenvalue weighted by Gasteiger charge is -1.98. The molecule has 0 atom stereocenters. The van der Waals surface area contributed by atoms with Crippen LogP contribution >= 0.6 is 15.9 Å². The van der Waals surface area contributed by atoms with Gasteiger partial charge in [0, 0.05) is 11.9 Å². The third kappa shape index (κ3) is 2.85. The van der Waals surface area contributed by atoms with E-state index < -0.39 is 0 Å². The van der Waals surface area contributed by atoms with Gasteiger partial charge in [-0.3, -0.25) is 4.99 Å². The quantitative estimate of drug-likeness (QED) is 0.768. The number of hydrogen-bond acceptors (Lipinski definition) is 3. The summed E-state index contributed by atoms with van der Waals surface area (Å²) in [5, 5.41) is 8.76. The molecule has 0 radical (unpaired) electrons. The Balaban J connectivity index is 2.44. The van der Waals surface area contributed by atoms with Crippen molar-refractivity contribution >= 4 is 22.1 Å². The Morgan fingerprint density at radius 2 is 2.38 bits per heavy atom. The number of halogens is 1. The van der Waals surface area contributed by atoms with Crippen LogP contribution in [-0.2, 0) is 0 Å². The van der Waals surface area contributed by atoms with E-state index in [0.29, 0.717) is 12.2 Å². The summed E-state index contributed by atoms with van der Waals surface area (Å²) in [6.07, 6.45) is 3.63. The minimum absolute atomic E-state index is 0.160. The molecular weight excluding hydrogens is 230 g/mol. The van der Waals surface area contributed by atoms with E-state index in [4.69, 9.17) is 11.0 Å². The van der Waals surface area contributed by atoms with E-state index in [1.54, 1.807) is 13.1 Å². The average molecular weight is 242 g/mol. The van der Waals surface area contributed by atoms with Crippen molar-refractivity contribution in [1.82, 2.24) is 0 Å². The van der Waals surface area contributed by atoms with Gasteiger partial charge >= 0.3 is 0 Å². The van der Waals surface area contributed by atoms with Crippen LogP contribution in [0.3, 0.4) is 0 Å². The number of allylic oxidation sites excluding steroid dienone is 2. The van der Waals surface area contributed by atoms with Crippen LogP contribution in [0.25, 0.3) is 0 Å². The fraction of sp³-hybridized carbons (Fsp3) is 0.556. The summed E-state index contributed by atoms with van der Waals surface area (Å²) in [4.78, 5) is 4.17. The van der Waals surface area contributed by atoms with Crippen molar-refractivity contribution in [2.75, 3.05) is 6.54 Å². The molecule has 0 aliphatic heterocycles. The topological polar surface area (TPSA) is 62.2 Å². The fourth-order valence-corrected chi connectivity index (χ4v) is 1.00. The molecule has 1 aliphatic carbocycles. The maximum Gasteiger partial charge on any atom is 0.0769 e. The van der Waals surface area contributed by atoms with Crippen molar-refractivity contribution in [3.05, 3.63) is 10.2 Å². The highest BCUT2D eigenvalue weighted by Crippen LogP contribution is 2.44. The second kappa shape index (κ2) is 3.93. The predicted molar refractivity (Wildman–Crippen MR) is 56.5 cm³/mol. The van der Waals surface area contributed by atoms with E-state index in [1.165, 1.54) is 0 Å². The number of nitriles is 1. The zero-order valence-corrected chi connectivity index (χ0v) is 9.13. The van der Waals surface area contributed by atoms with Gasteiger partial charge in [0.2, 0.25) is 0 Å². The molecule has 0 saturated heterocycles. The highest BCUT2D eigenvalue weighted by atomic mass is 79.9. The molecule has 2 N–H and O–H groups in total. The number of rotatable bonds is 3. The smallest absolute Gasteiger partial charge is 0.0769 e. The number of aliphatic imine (C=N–C) groups is 1. The zero-order valence-electron chi connectivity index (χ0n) is 7.55. The molecule has 0 amide bonds. The Labute approximate surface area is 86.5 Å². The summed E-state index contributed by atoms with van der Waals surface area (Å²) in [5.41, 5.74) is 6.05. The largest absolute Gasteiger partial charge is 0.401 e. The first-order chi connectivity index (χ1) is 6.09. The standard InChI is InChI=1S/C9H12BrN3/c1-7(12)8(10)4-13-6-9(5-11)2-3-9/h4H,2-3,6,12H2,1H3. The fourth-order valence-electron chi connectivity index (χ4n) is 0.859. The van der Waals surface area contributed by atoms with Crippen LogP contribution in [-0.4, -0.2) is 12.8 Å². The lowest BCUT2D eigenvalue weighted by molar-refractivity contribution is 0.687. The molecule has 1 rings (SSSR count). The van der Waals surface area contributed by atoms with Gasteiger partial charge in [-0.2, -0.15) is 5.26 Å². The molecule has 0 aromatic heterocycles. The van der Waals surface area contributed by atoms with Crippen LogP contribution in [0.15, 0.2) is 15.2 Å². The highest BCUT2D eigenvalue weighted by Gasteiger charge is 2.42.